The molecule has 0 unspecified atom stereocenters. The minimum Gasteiger partial charge on any atom is -0.391 e. The van der Waals surface area contributed by atoms with Crippen LogP contribution in [-0.4, -0.2) is 11.2 Å². The van der Waals surface area contributed by atoms with Crippen LogP contribution in [0.5, 0.6) is 0 Å². The van der Waals surface area contributed by atoms with Crippen LogP contribution >= 0.6 is 39.9 Å². The summed E-state index contributed by atoms with van der Waals surface area (Å²) in [4.78, 5) is 0. The first-order valence-corrected chi connectivity index (χ1v) is 6.12. The van der Waals surface area contributed by atoms with Crippen molar-refractivity contribution in [1.29, 1.82) is 0 Å². The highest BCUT2D eigenvalue weighted by Crippen LogP contribution is 2.28. The van der Waals surface area contributed by atoms with Gasteiger partial charge >= 0.3 is 0 Å². The molecule has 2 nitrogen and oxygen atoms in total. The molecule has 0 radical (unpaired) electrons. The Labute approximate surface area is 116 Å². The fourth-order valence-corrected chi connectivity index (χ4v) is 2.40. The molecule has 0 heterocycles. The summed E-state index contributed by atoms with van der Waals surface area (Å²) >= 11 is 9.22. The van der Waals surface area contributed by atoms with Crippen LogP contribution in [0.15, 0.2) is 22.7 Å². The Morgan fingerprint density at radius 1 is 1.50 bits per heavy atom. The van der Waals surface area contributed by atoms with E-state index < -0.39 is 6.10 Å². The maximum absolute atomic E-state index is 9.79. The van der Waals surface area contributed by atoms with Crippen LogP contribution in [0.3, 0.4) is 0 Å². The molecule has 0 aliphatic rings. The molecule has 0 aliphatic carbocycles. The van der Waals surface area contributed by atoms with Crippen molar-refractivity contribution in [1.82, 2.24) is 0 Å². The van der Waals surface area contributed by atoms with E-state index >= 15 is 0 Å². The molecule has 16 heavy (non-hydrogen) atoms. The van der Waals surface area contributed by atoms with E-state index in [0.29, 0.717) is 11.4 Å². The van der Waals surface area contributed by atoms with Crippen LogP contribution in [0.4, 0.5) is 0 Å². The predicted molar refractivity (Wildman–Crippen MR) is 74.2 cm³/mol. The Morgan fingerprint density at radius 2 is 2.12 bits per heavy atom. The average Bonchev–Trinajstić information content (AvgIpc) is 2.17. The summed E-state index contributed by atoms with van der Waals surface area (Å²) in [5, 5.41) is 10.4. The van der Waals surface area contributed by atoms with Crippen LogP contribution in [0.25, 0.3) is 0 Å². The summed E-state index contributed by atoms with van der Waals surface area (Å²) in [5.74, 6) is 0. The van der Waals surface area contributed by atoms with E-state index in [1.54, 1.807) is 12.1 Å². The molecular formula is C11H16BrCl2NO. The summed E-state index contributed by atoms with van der Waals surface area (Å²) in [5.41, 5.74) is 6.84. The summed E-state index contributed by atoms with van der Waals surface area (Å²) in [6.07, 6.45) is 1.11. The zero-order valence-electron chi connectivity index (χ0n) is 8.99. The second-order valence-electron chi connectivity index (χ2n) is 3.55. The van der Waals surface area contributed by atoms with E-state index in [1.165, 1.54) is 0 Å². The zero-order chi connectivity index (χ0) is 11.4. The van der Waals surface area contributed by atoms with Gasteiger partial charge in [-0.2, -0.15) is 0 Å². The average molecular weight is 329 g/mol. The largest absolute Gasteiger partial charge is 0.391 e. The quantitative estimate of drug-likeness (QED) is 0.885. The standard InChI is InChI=1S/C11H15BrClNO.ClH/c1-2-3-10(15)11(14)8-5-4-7(13)6-9(8)12;/h4-6,10-11,15H,2-3,14H2,1H3;1H/t10-,11+;/m0./s1. The van der Waals surface area contributed by atoms with E-state index in [9.17, 15) is 5.11 Å². The van der Waals surface area contributed by atoms with Gasteiger partial charge in [-0.05, 0) is 24.1 Å². The van der Waals surface area contributed by atoms with Gasteiger partial charge in [0.2, 0.25) is 0 Å². The Bertz CT molecular complexity index is 336. The second-order valence-corrected chi connectivity index (χ2v) is 4.84. The summed E-state index contributed by atoms with van der Waals surface area (Å²) in [7, 11) is 0. The second kappa shape index (κ2) is 7.51. The van der Waals surface area contributed by atoms with Gasteiger partial charge in [-0.1, -0.05) is 46.9 Å². The SMILES string of the molecule is CCC[C@H](O)[C@H](N)c1ccc(Cl)cc1Br.Cl. The number of benzene rings is 1. The molecule has 1 aromatic rings. The molecule has 1 rings (SSSR count). The third-order valence-corrected chi connectivity index (χ3v) is 3.24. The van der Waals surface area contributed by atoms with Crippen molar-refractivity contribution >= 4 is 39.9 Å². The molecule has 0 spiro atoms. The number of hydrogen-bond acceptors (Lipinski definition) is 2. The van der Waals surface area contributed by atoms with Gasteiger partial charge in [0, 0.05) is 9.50 Å². The number of aliphatic hydroxyl groups is 1. The van der Waals surface area contributed by atoms with Crippen molar-refractivity contribution in [2.75, 3.05) is 0 Å². The summed E-state index contributed by atoms with van der Waals surface area (Å²) in [6, 6.07) is 5.04. The van der Waals surface area contributed by atoms with Crippen LogP contribution < -0.4 is 5.73 Å². The summed E-state index contributed by atoms with van der Waals surface area (Å²) < 4.78 is 0.845. The topological polar surface area (TPSA) is 46.2 Å². The molecule has 0 saturated heterocycles. The van der Waals surface area contributed by atoms with Crippen molar-refractivity contribution < 1.29 is 5.11 Å². The number of halogens is 3. The van der Waals surface area contributed by atoms with E-state index in [4.69, 9.17) is 17.3 Å². The number of nitrogens with two attached hydrogens (primary N) is 1. The lowest BCUT2D eigenvalue weighted by molar-refractivity contribution is 0.134. The van der Waals surface area contributed by atoms with Crippen molar-refractivity contribution in [3.8, 4) is 0 Å². The highest BCUT2D eigenvalue weighted by atomic mass is 79.9. The molecule has 2 atom stereocenters. The number of aliphatic hydroxyl groups excluding tert-OH is 1. The van der Waals surface area contributed by atoms with E-state index in [-0.39, 0.29) is 18.4 Å². The van der Waals surface area contributed by atoms with Gasteiger partial charge in [0.15, 0.2) is 0 Å². The van der Waals surface area contributed by atoms with Crippen LogP contribution in [0.2, 0.25) is 5.02 Å². The lowest BCUT2D eigenvalue weighted by Crippen LogP contribution is -2.26. The number of hydrogen-bond donors (Lipinski definition) is 2. The van der Waals surface area contributed by atoms with Crippen LogP contribution in [-0.2, 0) is 0 Å². The normalized spacial score (nSPS) is 14.1. The zero-order valence-corrected chi connectivity index (χ0v) is 12.1. The molecule has 92 valence electrons. The Morgan fingerprint density at radius 3 is 2.62 bits per heavy atom. The van der Waals surface area contributed by atoms with Gasteiger partial charge < -0.3 is 10.8 Å². The molecule has 0 bridgehead atoms. The highest BCUT2D eigenvalue weighted by molar-refractivity contribution is 9.10. The van der Waals surface area contributed by atoms with Gasteiger partial charge in [-0.3, -0.25) is 0 Å². The molecule has 0 saturated carbocycles. The highest BCUT2D eigenvalue weighted by Gasteiger charge is 2.18. The van der Waals surface area contributed by atoms with Gasteiger partial charge in [0.1, 0.15) is 0 Å². The molecule has 3 N–H and O–H groups in total. The minimum atomic E-state index is -0.507. The maximum Gasteiger partial charge on any atom is 0.0733 e. The first kappa shape index (κ1) is 16.2. The van der Waals surface area contributed by atoms with E-state index in [1.807, 2.05) is 13.0 Å². The van der Waals surface area contributed by atoms with Crippen molar-refractivity contribution in [3.63, 3.8) is 0 Å². The fraction of sp³-hybridized carbons (Fsp3) is 0.455. The molecule has 0 amide bonds. The Kier molecular flexibility index (Phi) is 7.61. The van der Waals surface area contributed by atoms with Crippen molar-refractivity contribution in [3.05, 3.63) is 33.3 Å². The van der Waals surface area contributed by atoms with E-state index in [0.717, 1.165) is 16.5 Å². The fourth-order valence-electron chi connectivity index (χ4n) is 1.45. The lowest BCUT2D eigenvalue weighted by Gasteiger charge is -2.19. The molecule has 0 aromatic heterocycles. The molecule has 0 aliphatic heterocycles. The predicted octanol–water partition coefficient (Wildman–Crippen LogP) is 3.69. The third kappa shape index (κ3) is 4.22. The Hall–Kier alpha value is 0.200. The van der Waals surface area contributed by atoms with Gasteiger partial charge in [0.25, 0.3) is 0 Å². The number of rotatable bonds is 4. The Balaban J connectivity index is 0.00000225. The maximum atomic E-state index is 9.79. The monoisotopic (exact) mass is 327 g/mol. The van der Waals surface area contributed by atoms with E-state index in [2.05, 4.69) is 15.9 Å². The lowest BCUT2D eigenvalue weighted by atomic mass is 9.99. The smallest absolute Gasteiger partial charge is 0.0733 e. The first-order valence-electron chi connectivity index (χ1n) is 4.94. The molecular weight excluding hydrogens is 313 g/mol. The van der Waals surface area contributed by atoms with Crippen LogP contribution in [0.1, 0.15) is 31.4 Å². The van der Waals surface area contributed by atoms with Crippen molar-refractivity contribution in [2.24, 2.45) is 5.73 Å². The van der Waals surface area contributed by atoms with Gasteiger partial charge in [-0.25, -0.2) is 0 Å². The van der Waals surface area contributed by atoms with Crippen molar-refractivity contribution in [2.45, 2.75) is 31.9 Å². The molecule has 5 heteroatoms. The van der Waals surface area contributed by atoms with Gasteiger partial charge in [-0.15, -0.1) is 12.4 Å². The molecule has 1 aromatic carbocycles. The minimum absolute atomic E-state index is 0. The molecule has 0 fully saturated rings. The summed E-state index contributed by atoms with van der Waals surface area (Å²) in [6.45, 7) is 2.02. The van der Waals surface area contributed by atoms with Crippen LogP contribution in [0, 0.1) is 0 Å². The first-order chi connectivity index (χ1) is 7.06. The third-order valence-electron chi connectivity index (χ3n) is 2.32. The van der Waals surface area contributed by atoms with Gasteiger partial charge in [0.05, 0.1) is 12.1 Å².